The first-order valence-electron chi connectivity index (χ1n) is 13.5. The molecule has 0 aliphatic heterocycles. The molecule has 0 bridgehead atoms. The Kier molecular flexibility index (Phi) is 11.7. The maximum atomic E-state index is 13.4. The summed E-state index contributed by atoms with van der Waals surface area (Å²) in [5.41, 5.74) is 9.00. The Morgan fingerprint density at radius 3 is 1.79 bits per heavy atom. The first-order valence-corrected chi connectivity index (χ1v) is 13.5. The summed E-state index contributed by atoms with van der Waals surface area (Å²) in [6, 6.07) is 26.1. The molecule has 0 radical (unpaired) electrons. The van der Waals surface area contributed by atoms with Crippen molar-refractivity contribution < 1.29 is 19.1 Å². The van der Waals surface area contributed by atoms with Crippen LogP contribution in [0.2, 0.25) is 0 Å². The third kappa shape index (κ3) is 10.4. The van der Waals surface area contributed by atoms with Crippen molar-refractivity contribution in [2.24, 2.45) is 11.7 Å². The highest BCUT2D eigenvalue weighted by Crippen LogP contribution is 2.11. The summed E-state index contributed by atoms with van der Waals surface area (Å²) in [5, 5.41) is 5.66. The minimum absolute atomic E-state index is 0.100. The fraction of sp³-hybridized carbons (Fsp3) is 0.344. The van der Waals surface area contributed by atoms with E-state index in [-0.39, 0.29) is 18.9 Å². The maximum absolute atomic E-state index is 13.4. The first kappa shape index (κ1) is 29.6. The molecule has 3 rings (SSSR count). The van der Waals surface area contributed by atoms with Crippen molar-refractivity contribution in [3.05, 3.63) is 108 Å². The molecule has 4 N–H and O–H groups in total. The van der Waals surface area contributed by atoms with Crippen LogP contribution < -0.4 is 16.4 Å². The molecule has 0 unspecified atom stereocenters. The Labute approximate surface area is 231 Å². The number of rotatable bonds is 14. The van der Waals surface area contributed by atoms with Crippen LogP contribution in [0.5, 0.6) is 0 Å². The van der Waals surface area contributed by atoms with E-state index in [1.54, 1.807) is 0 Å². The van der Waals surface area contributed by atoms with Crippen molar-refractivity contribution >= 4 is 17.8 Å². The van der Waals surface area contributed by atoms with Crippen LogP contribution in [-0.4, -0.2) is 35.9 Å². The van der Waals surface area contributed by atoms with Gasteiger partial charge in [-0.2, -0.15) is 0 Å². The number of benzene rings is 3. The van der Waals surface area contributed by atoms with Gasteiger partial charge in [0.2, 0.25) is 11.8 Å². The molecule has 206 valence electrons. The third-order valence-corrected chi connectivity index (χ3v) is 6.37. The molecule has 39 heavy (non-hydrogen) atoms. The van der Waals surface area contributed by atoms with E-state index >= 15 is 0 Å². The zero-order chi connectivity index (χ0) is 28.0. The van der Waals surface area contributed by atoms with Gasteiger partial charge in [0, 0.05) is 6.42 Å². The van der Waals surface area contributed by atoms with E-state index in [1.165, 1.54) is 0 Å². The van der Waals surface area contributed by atoms with Crippen molar-refractivity contribution in [2.75, 3.05) is 0 Å². The molecule has 7 nitrogen and oxygen atoms in total. The van der Waals surface area contributed by atoms with Crippen LogP contribution >= 0.6 is 0 Å². The van der Waals surface area contributed by atoms with Crippen LogP contribution in [0.3, 0.4) is 0 Å². The van der Waals surface area contributed by atoms with E-state index in [0.717, 1.165) is 16.7 Å². The van der Waals surface area contributed by atoms with E-state index < -0.39 is 35.9 Å². The summed E-state index contributed by atoms with van der Waals surface area (Å²) in [4.78, 5) is 39.5. The van der Waals surface area contributed by atoms with Crippen molar-refractivity contribution in [1.29, 1.82) is 0 Å². The minimum Gasteiger partial charge on any atom is -0.459 e. The number of aryl methyl sites for hydroxylation is 1. The van der Waals surface area contributed by atoms with E-state index in [1.807, 2.05) is 105 Å². The second-order valence-corrected chi connectivity index (χ2v) is 10.2. The Hall–Kier alpha value is -3.97. The SMILES string of the molecule is CC(C)C[C@@H](NC(=O)[C@H](N)CCc1ccccc1)C(=O)N[C@@H](Cc1ccccc1)C(=O)OCc1ccccc1. The predicted molar refractivity (Wildman–Crippen MR) is 152 cm³/mol. The largest absolute Gasteiger partial charge is 0.459 e. The molecule has 0 aliphatic carbocycles. The van der Waals surface area contributed by atoms with E-state index in [0.29, 0.717) is 19.3 Å². The van der Waals surface area contributed by atoms with Gasteiger partial charge < -0.3 is 21.1 Å². The van der Waals surface area contributed by atoms with Crippen molar-refractivity contribution in [2.45, 2.75) is 64.3 Å². The molecule has 0 heterocycles. The number of nitrogens with one attached hydrogen (secondary N) is 2. The van der Waals surface area contributed by atoms with Gasteiger partial charge >= 0.3 is 5.97 Å². The minimum atomic E-state index is -0.915. The Bertz CT molecular complexity index is 1170. The number of hydrogen-bond donors (Lipinski definition) is 3. The zero-order valence-corrected chi connectivity index (χ0v) is 22.7. The molecule has 7 heteroatoms. The van der Waals surface area contributed by atoms with Gasteiger partial charge in [-0.15, -0.1) is 0 Å². The van der Waals surface area contributed by atoms with Gasteiger partial charge in [-0.05, 0) is 41.9 Å². The van der Waals surface area contributed by atoms with Crippen LogP contribution in [0.15, 0.2) is 91.0 Å². The standard InChI is InChI=1S/C32H39N3O4/c1-23(2)20-28(34-30(36)27(33)19-18-24-12-6-3-7-13-24)31(37)35-29(21-25-14-8-4-9-15-25)32(38)39-22-26-16-10-5-11-17-26/h3-17,23,27-29H,18-22,33H2,1-2H3,(H,34,36)(H,35,37)/t27-,28-,29+/m1/s1. The van der Waals surface area contributed by atoms with Gasteiger partial charge in [-0.1, -0.05) is 105 Å². The van der Waals surface area contributed by atoms with Gasteiger partial charge in [0.25, 0.3) is 0 Å². The number of nitrogens with two attached hydrogens (primary N) is 1. The number of carbonyl (C=O) groups is 3. The lowest BCUT2D eigenvalue weighted by Crippen LogP contribution is -2.55. The lowest BCUT2D eigenvalue weighted by atomic mass is 10.00. The normalized spacial score (nSPS) is 13.2. The highest BCUT2D eigenvalue weighted by molar-refractivity contribution is 5.92. The Morgan fingerprint density at radius 1 is 0.718 bits per heavy atom. The summed E-state index contributed by atoms with van der Waals surface area (Å²) < 4.78 is 5.56. The molecule has 0 spiro atoms. The molecule has 3 aromatic rings. The van der Waals surface area contributed by atoms with Crippen LogP contribution in [-0.2, 0) is 38.6 Å². The molecular formula is C32H39N3O4. The molecule has 2 amide bonds. The second kappa shape index (κ2) is 15.4. The fourth-order valence-electron chi connectivity index (χ4n) is 4.22. The predicted octanol–water partition coefficient (Wildman–Crippen LogP) is 3.95. The molecule has 3 aromatic carbocycles. The maximum Gasteiger partial charge on any atom is 0.329 e. The average Bonchev–Trinajstić information content (AvgIpc) is 2.95. The average molecular weight is 530 g/mol. The van der Waals surface area contributed by atoms with Crippen LogP contribution in [0.1, 0.15) is 43.4 Å². The van der Waals surface area contributed by atoms with E-state index in [9.17, 15) is 14.4 Å². The summed E-state index contributed by atoms with van der Waals surface area (Å²) in [6.45, 7) is 4.04. The summed E-state index contributed by atoms with van der Waals surface area (Å²) in [7, 11) is 0. The third-order valence-electron chi connectivity index (χ3n) is 6.37. The van der Waals surface area contributed by atoms with Gasteiger partial charge in [0.1, 0.15) is 18.7 Å². The monoisotopic (exact) mass is 529 g/mol. The zero-order valence-electron chi connectivity index (χ0n) is 22.7. The Balaban J connectivity index is 1.66. The first-order chi connectivity index (χ1) is 18.8. The molecule has 0 aromatic heterocycles. The van der Waals surface area contributed by atoms with Crippen molar-refractivity contribution in [3.8, 4) is 0 Å². The molecule has 3 atom stereocenters. The van der Waals surface area contributed by atoms with Crippen molar-refractivity contribution in [1.82, 2.24) is 10.6 Å². The van der Waals surface area contributed by atoms with Gasteiger partial charge in [-0.25, -0.2) is 4.79 Å². The summed E-state index contributed by atoms with van der Waals surface area (Å²) >= 11 is 0. The van der Waals surface area contributed by atoms with Gasteiger partial charge in [0.15, 0.2) is 0 Å². The Morgan fingerprint density at radius 2 is 1.23 bits per heavy atom. The molecule has 0 saturated heterocycles. The van der Waals surface area contributed by atoms with Crippen LogP contribution in [0.25, 0.3) is 0 Å². The number of ether oxygens (including phenoxy) is 1. The number of amides is 2. The highest BCUT2D eigenvalue weighted by atomic mass is 16.5. The van der Waals surface area contributed by atoms with E-state index in [4.69, 9.17) is 10.5 Å². The molecule has 0 saturated carbocycles. The number of esters is 1. The fourth-order valence-corrected chi connectivity index (χ4v) is 4.22. The second-order valence-electron chi connectivity index (χ2n) is 10.2. The van der Waals surface area contributed by atoms with Gasteiger partial charge in [0.05, 0.1) is 6.04 Å². The molecule has 0 aliphatic rings. The highest BCUT2D eigenvalue weighted by Gasteiger charge is 2.29. The van der Waals surface area contributed by atoms with Crippen molar-refractivity contribution in [3.63, 3.8) is 0 Å². The van der Waals surface area contributed by atoms with Crippen LogP contribution in [0, 0.1) is 5.92 Å². The molecular weight excluding hydrogens is 490 g/mol. The molecule has 0 fully saturated rings. The smallest absolute Gasteiger partial charge is 0.329 e. The lowest BCUT2D eigenvalue weighted by molar-refractivity contribution is -0.149. The summed E-state index contributed by atoms with van der Waals surface area (Å²) in [6.07, 6.45) is 1.77. The summed E-state index contributed by atoms with van der Waals surface area (Å²) in [5.74, 6) is -1.24. The van der Waals surface area contributed by atoms with Crippen LogP contribution in [0.4, 0.5) is 0 Å². The van der Waals surface area contributed by atoms with Gasteiger partial charge in [-0.3, -0.25) is 9.59 Å². The quantitative estimate of drug-likeness (QED) is 0.274. The lowest BCUT2D eigenvalue weighted by Gasteiger charge is -2.25. The topological polar surface area (TPSA) is 111 Å². The number of hydrogen-bond acceptors (Lipinski definition) is 5. The number of carbonyl (C=O) groups excluding carboxylic acids is 3. The van der Waals surface area contributed by atoms with E-state index in [2.05, 4.69) is 10.6 Å².